The highest BCUT2D eigenvalue weighted by Gasteiger charge is 2.10. The Morgan fingerprint density at radius 2 is 1.86 bits per heavy atom. The molecule has 0 aliphatic heterocycles. The van der Waals surface area contributed by atoms with E-state index < -0.39 is 18.1 Å². The molecule has 110 valence electrons. The van der Waals surface area contributed by atoms with E-state index in [2.05, 4.69) is 10.6 Å². The Morgan fingerprint density at radius 1 is 1.19 bits per heavy atom. The number of halogens is 1. The summed E-state index contributed by atoms with van der Waals surface area (Å²) in [5, 5.41) is 14.1. The summed E-state index contributed by atoms with van der Waals surface area (Å²) < 4.78 is 18.8. The van der Waals surface area contributed by atoms with Crippen LogP contribution in [0.2, 0.25) is 0 Å². The summed E-state index contributed by atoms with van der Waals surface area (Å²) in [7, 11) is 0. The molecule has 2 amide bonds. The molecule has 0 fully saturated rings. The topological polar surface area (TPSA) is 70.6 Å². The van der Waals surface area contributed by atoms with E-state index in [-0.39, 0.29) is 11.4 Å². The summed E-state index contributed by atoms with van der Waals surface area (Å²) in [6.45, 7) is 1.63. The van der Waals surface area contributed by atoms with Crippen molar-refractivity contribution in [2.75, 3.05) is 5.32 Å². The molecule has 3 N–H and O–H groups in total. The quantitative estimate of drug-likeness (QED) is 0.758. The number of rotatable bonds is 4. The van der Waals surface area contributed by atoms with Crippen molar-refractivity contribution in [3.63, 3.8) is 0 Å². The van der Waals surface area contributed by atoms with Crippen LogP contribution in [0, 0.1) is 5.82 Å². The van der Waals surface area contributed by atoms with Gasteiger partial charge in [-0.05, 0) is 43.3 Å². The van der Waals surface area contributed by atoms with E-state index in [0.29, 0.717) is 5.75 Å². The minimum Gasteiger partial charge on any atom is -0.508 e. The van der Waals surface area contributed by atoms with Gasteiger partial charge in [0.2, 0.25) is 0 Å². The van der Waals surface area contributed by atoms with Crippen molar-refractivity contribution in [3.05, 3.63) is 54.3 Å². The van der Waals surface area contributed by atoms with Gasteiger partial charge >= 0.3 is 6.03 Å². The SMILES string of the molecule is CC(NC(=O)Nc1ccccc1F)Oc1ccc(O)cc1. The first-order valence-corrected chi connectivity index (χ1v) is 6.32. The molecule has 0 aromatic heterocycles. The number of para-hydroxylation sites is 1. The number of ether oxygens (including phenoxy) is 1. The molecule has 2 aromatic rings. The van der Waals surface area contributed by atoms with Crippen molar-refractivity contribution < 1.29 is 19.0 Å². The number of urea groups is 1. The lowest BCUT2D eigenvalue weighted by Gasteiger charge is -2.17. The molecule has 0 heterocycles. The minimum absolute atomic E-state index is 0.0897. The monoisotopic (exact) mass is 290 g/mol. The van der Waals surface area contributed by atoms with Gasteiger partial charge in [-0.1, -0.05) is 12.1 Å². The second kappa shape index (κ2) is 6.60. The van der Waals surface area contributed by atoms with E-state index in [1.165, 1.54) is 30.3 Å². The van der Waals surface area contributed by atoms with Crippen molar-refractivity contribution in [1.82, 2.24) is 5.32 Å². The Labute approximate surface area is 121 Å². The van der Waals surface area contributed by atoms with Crippen molar-refractivity contribution in [3.8, 4) is 11.5 Å². The molecule has 0 aliphatic carbocycles. The molecule has 0 bridgehead atoms. The van der Waals surface area contributed by atoms with Gasteiger partial charge in [-0.15, -0.1) is 0 Å². The second-order valence-corrected chi connectivity index (χ2v) is 4.33. The van der Waals surface area contributed by atoms with E-state index in [4.69, 9.17) is 9.84 Å². The van der Waals surface area contributed by atoms with Crippen molar-refractivity contribution in [2.24, 2.45) is 0 Å². The van der Waals surface area contributed by atoms with Crippen LogP contribution in [0.15, 0.2) is 48.5 Å². The third kappa shape index (κ3) is 4.38. The number of aromatic hydroxyl groups is 1. The van der Waals surface area contributed by atoms with Gasteiger partial charge in [0.05, 0.1) is 5.69 Å². The molecule has 5 nitrogen and oxygen atoms in total. The number of anilines is 1. The molecule has 2 rings (SSSR count). The second-order valence-electron chi connectivity index (χ2n) is 4.33. The van der Waals surface area contributed by atoms with Crippen LogP contribution in [0.5, 0.6) is 11.5 Å². The largest absolute Gasteiger partial charge is 0.508 e. The Kier molecular flexibility index (Phi) is 4.61. The molecule has 21 heavy (non-hydrogen) atoms. The van der Waals surface area contributed by atoms with Gasteiger partial charge < -0.3 is 20.5 Å². The van der Waals surface area contributed by atoms with Crippen LogP contribution in [0.1, 0.15) is 6.92 Å². The van der Waals surface area contributed by atoms with Crippen LogP contribution >= 0.6 is 0 Å². The lowest BCUT2D eigenvalue weighted by molar-refractivity contribution is 0.183. The van der Waals surface area contributed by atoms with E-state index in [0.717, 1.165) is 0 Å². The average Bonchev–Trinajstić information content (AvgIpc) is 2.44. The number of carbonyl (C=O) groups is 1. The number of hydrogen-bond acceptors (Lipinski definition) is 3. The van der Waals surface area contributed by atoms with E-state index in [9.17, 15) is 9.18 Å². The molecule has 0 saturated carbocycles. The number of carbonyl (C=O) groups excluding carboxylic acids is 1. The fourth-order valence-corrected chi connectivity index (χ4v) is 1.66. The third-order valence-electron chi connectivity index (χ3n) is 2.61. The number of phenolic OH excluding ortho intramolecular Hbond substituents is 1. The summed E-state index contributed by atoms with van der Waals surface area (Å²) in [5.74, 6) is 0.103. The number of benzene rings is 2. The van der Waals surface area contributed by atoms with Crippen LogP contribution in [0.25, 0.3) is 0 Å². The van der Waals surface area contributed by atoms with Gasteiger partial charge in [-0.2, -0.15) is 0 Å². The van der Waals surface area contributed by atoms with Gasteiger partial charge in [-0.25, -0.2) is 9.18 Å². The van der Waals surface area contributed by atoms with Crippen LogP contribution in [-0.2, 0) is 0 Å². The maximum Gasteiger partial charge on any atom is 0.322 e. The van der Waals surface area contributed by atoms with Crippen LogP contribution in [0.4, 0.5) is 14.9 Å². The first-order chi connectivity index (χ1) is 10.0. The molecule has 0 spiro atoms. The van der Waals surface area contributed by atoms with Gasteiger partial charge in [0.25, 0.3) is 0 Å². The molecule has 6 heteroatoms. The van der Waals surface area contributed by atoms with Crippen molar-refractivity contribution in [1.29, 1.82) is 0 Å². The van der Waals surface area contributed by atoms with Crippen molar-refractivity contribution >= 4 is 11.7 Å². The highest BCUT2D eigenvalue weighted by atomic mass is 19.1. The highest BCUT2D eigenvalue weighted by molar-refractivity contribution is 5.89. The standard InChI is InChI=1S/C15H15FN2O3/c1-10(21-12-8-6-11(19)7-9-12)17-15(20)18-14-5-3-2-4-13(14)16/h2-10,19H,1H3,(H2,17,18,20). The Morgan fingerprint density at radius 3 is 2.52 bits per heavy atom. The lowest BCUT2D eigenvalue weighted by atomic mass is 10.3. The number of hydrogen-bond donors (Lipinski definition) is 3. The minimum atomic E-state index is -0.624. The average molecular weight is 290 g/mol. The molecule has 0 saturated heterocycles. The molecular weight excluding hydrogens is 275 g/mol. The number of nitrogens with one attached hydrogen (secondary N) is 2. The third-order valence-corrected chi connectivity index (χ3v) is 2.61. The maximum absolute atomic E-state index is 13.4. The zero-order valence-electron chi connectivity index (χ0n) is 11.3. The smallest absolute Gasteiger partial charge is 0.322 e. The maximum atomic E-state index is 13.4. The first-order valence-electron chi connectivity index (χ1n) is 6.32. The molecule has 0 aliphatic rings. The molecule has 1 atom stereocenters. The lowest BCUT2D eigenvalue weighted by Crippen LogP contribution is -2.39. The highest BCUT2D eigenvalue weighted by Crippen LogP contribution is 2.17. The molecule has 1 unspecified atom stereocenters. The first kappa shape index (κ1) is 14.6. The molecular formula is C15H15FN2O3. The fourth-order valence-electron chi connectivity index (χ4n) is 1.66. The molecule has 2 aromatic carbocycles. The summed E-state index contributed by atoms with van der Waals surface area (Å²) >= 11 is 0. The van der Waals surface area contributed by atoms with Crippen LogP contribution in [0.3, 0.4) is 0 Å². The molecule has 0 radical (unpaired) electrons. The van der Waals surface area contributed by atoms with Crippen molar-refractivity contribution in [2.45, 2.75) is 13.2 Å². The fraction of sp³-hybridized carbons (Fsp3) is 0.133. The number of phenols is 1. The van der Waals surface area contributed by atoms with E-state index in [1.54, 1.807) is 25.1 Å². The normalized spacial score (nSPS) is 11.5. The Bertz CT molecular complexity index is 617. The van der Waals surface area contributed by atoms with E-state index >= 15 is 0 Å². The van der Waals surface area contributed by atoms with Crippen LogP contribution in [-0.4, -0.2) is 17.4 Å². The zero-order valence-corrected chi connectivity index (χ0v) is 11.3. The van der Waals surface area contributed by atoms with Gasteiger partial charge in [0, 0.05) is 0 Å². The summed E-state index contributed by atoms with van der Waals surface area (Å²) in [6, 6.07) is 11.4. The van der Waals surface area contributed by atoms with Gasteiger partial charge in [0.15, 0.2) is 6.23 Å². The predicted molar refractivity (Wildman–Crippen MR) is 76.8 cm³/mol. The summed E-state index contributed by atoms with van der Waals surface area (Å²) in [5.41, 5.74) is 0.0897. The number of amides is 2. The summed E-state index contributed by atoms with van der Waals surface area (Å²) in [6.07, 6.45) is -0.624. The van der Waals surface area contributed by atoms with Gasteiger partial charge in [0.1, 0.15) is 17.3 Å². The van der Waals surface area contributed by atoms with E-state index in [1.807, 2.05) is 0 Å². The Hall–Kier alpha value is -2.76. The van der Waals surface area contributed by atoms with Gasteiger partial charge in [-0.3, -0.25) is 0 Å². The van der Waals surface area contributed by atoms with Crippen LogP contribution < -0.4 is 15.4 Å². The predicted octanol–water partition coefficient (Wildman–Crippen LogP) is 3.08. The zero-order chi connectivity index (χ0) is 15.2. The summed E-state index contributed by atoms with van der Waals surface area (Å²) in [4.78, 5) is 11.7. The Balaban J connectivity index is 1.87.